The Labute approximate surface area is 111 Å². The molecule has 1 atom stereocenters. The van der Waals surface area contributed by atoms with Crippen molar-refractivity contribution in [1.29, 1.82) is 0 Å². The van der Waals surface area contributed by atoms with Crippen LogP contribution in [0.3, 0.4) is 0 Å². The number of imidazole rings is 1. The zero-order chi connectivity index (χ0) is 13.1. The highest BCUT2D eigenvalue weighted by Gasteiger charge is 2.17. The standard InChI is InChI=1S/C13H16ClN3O/c1-17-6-5-16-13(17)10(8-15)9-3-4-12(18-2)11(14)7-9/h3-7,10H,8,15H2,1-2H3. The fourth-order valence-electron chi connectivity index (χ4n) is 2.00. The molecule has 2 aromatic rings. The van der Waals surface area contributed by atoms with E-state index >= 15 is 0 Å². The molecule has 0 aliphatic heterocycles. The molecule has 2 N–H and O–H groups in total. The molecule has 18 heavy (non-hydrogen) atoms. The number of nitrogens with two attached hydrogens (primary N) is 1. The Hall–Kier alpha value is -1.52. The van der Waals surface area contributed by atoms with Crippen molar-refractivity contribution in [3.8, 4) is 5.75 Å². The molecule has 0 aliphatic rings. The third-order valence-corrected chi connectivity index (χ3v) is 3.28. The van der Waals surface area contributed by atoms with E-state index in [4.69, 9.17) is 22.1 Å². The van der Waals surface area contributed by atoms with Crippen LogP contribution in [0, 0.1) is 0 Å². The van der Waals surface area contributed by atoms with E-state index in [1.165, 1.54) is 0 Å². The van der Waals surface area contributed by atoms with Crippen LogP contribution in [0.1, 0.15) is 17.3 Å². The summed E-state index contributed by atoms with van der Waals surface area (Å²) in [7, 11) is 3.55. The first-order chi connectivity index (χ1) is 8.67. The summed E-state index contributed by atoms with van der Waals surface area (Å²) in [5.74, 6) is 1.63. The van der Waals surface area contributed by atoms with Gasteiger partial charge in [-0.15, -0.1) is 0 Å². The van der Waals surface area contributed by atoms with Crippen LogP contribution < -0.4 is 10.5 Å². The molecule has 0 bridgehead atoms. The molecule has 0 spiro atoms. The number of ether oxygens (including phenoxy) is 1. The normalized spacial score (nSPS) is 12.4. The van der Waals surface area contributed by atoms with Crippen molar-refractivity contribution in [1.82, 2.24) is 9.55 Å². The largest absolute Gasteiger partial charge is 0.495 e. The zero-order valence-electron chi connectivity index (χ0n) is 10.4. The summed E-state index contributed by atoms with van der Waals surface area (Å²) >= 11 is 6.14. The molecule has 2 rings (SSSR count). The van der Waals surface area contributed by atoms with Gasteiger partial charge in [0.1, 0.15) is 11.6 Å². The number of halogens is 1. The predicted octanol–water partition coefficient (Wildman–Crippen LogP) is 2.17. The van der Waals surface area contributed by atoms with Crippen LogP contribution in [0.25, 0.3) is 0 Å². The first kappa shape index (κ1) is 12.9. The molecule has 1 unspecified atom stereocenters. The van der Waals surface area contributed by atoms with E-state index in [0.717, 1.165) is 11.4 Å². The minimum absolute atomic E-state index is 0.0356. The Kier molecular flexibility index (Phi) is 3.89. The minimum Gasteiger partial charge on any atom is -0.495 e. The van der Waals surface area contributed by atoms with E-state index in [1.807, 2.05) is 36.0 Å². The van der Waals surface area contributed by atoms with Crippen molar-refractivity contribution >= 4 is 11.6 Å². The molecule has 96 valence electrons. The average Bonchev–Trinajstić information content (AvgIpc) is 2.77. The molecular formula is C13H16ClN3O. The van der Waals surface area contributed by atoms with Crippen molar-refractivity contribution < 1.29 is 4.74 Å². The maximum Gasteiger partial charge on any atom is 0.137 e. The predicted molar refractivity (Wildman–Crippen MR) is 72.1 cm³/mol. The lowest BCUT2D eigenvalue weighted by Gasteiger charge is -2.16. The molecule has 0 amide bonds. The number of aromatic nitrogens is 2. The quantitative estimate of drug-likeness (QED) is 0.922. The molecule has 0 radical (unpaired) electrons. The van der Waals surface area contributed by atoms with Gasteiger partial charge < -0.3 is 15.0 Å². The lowest BCUT2D eigenvalue weighted by Crippen LogP contribution is -2.17. The van der Waals surface area contributed by atoms with E-state index in [-0.39, 0.29) is 5.92 Å². The molecule has 4 nitrogen and oxygen atoms in total. The molecular weight excluding hydrogens is 250 g/mol. The summed E-state index contributed by atoms with van der Waals surface area (Å²) < 4.78 is 7.11. The van der Waals surface area contributed by atoms with Gasteiger partial charge in [-0.2, -0.15) is 0 Å². The molecule has 1 aromatic heterocycles. The van der Waals surface area contributed by atoms with E-state index in [9.17, 15) is 0 Å². The van der Waals surface area contributed by atoms with Crippen molar-refractivity contribution in [2.24, 2.45) is 12.8 Å². The van der Waals surface area contributed by atoms with Gasteiger partial charge in [-0.3, -0.25) is 0 Å². The number of aryl methyl sites for hydroxylation is 1. The van der Waals surface area contributed by atoms with E-state index in [2.05, 4.69) is 4.98 Å². The lowest BCUT2D eigenvalue weighted by atomic mass is 9.98. The Bertz CT molecular complexity index is 539. The fourth-order valence-corrected chi connectivity index (χ4v) is 2.27. The fraction of sp³-hybridized carbons (Fsp3) is 0.308. The van der Waals surface area contributed by atoms with Crippen LogP contribution in [-0.2, 0) is 7.05 Å². The summed E-state index contributed by atoms with van der Waals surface area (Å²) in [4.78, 5) is 4.34. The Balaban J connectivity index is 2.40. The topological polar surface area (TPSA) is 53.1 Å². The summed E-state index contributed by atoms with van der Waals surface area (Å²) in [6, 6.07) is 5.70. The number of rotatable bonds is 4. The Morgan fingerprint density at radius 2 is 2.28 bits per heavy atom. The molecule has 0 saturated heterocycles. The van der Waals surface area contributed by atoms with Gasteiger partial charge in [-0.25, -0.2) is 4.98 Å². The molecule has 5 heteroatoms. The van der Waals surface area contributed by atoms with Gasteiger partial charge in [0.25, 0.3) is 0 Å². The molecule has 0 fully saturated rings. The van der Waals surface area contributed by atoms with Crippen LogP contribution in [0.2, 0.25) is 5.02 Å². The summed E-state index contributed by atoms with van der Waals surface area (Å²) in [5.41, 5.74) is 6.90. The Morgan fingerprint density at radius 1 is 1.50 bits per heavy atom. The minimum atomic E-state index is 0.0356. The lowest BCUT2D eigenvalue weighted by molar-refractivity contribution is 0.415. The number of hydrogen-bond acceptors (Lipinski definition) is 3. The maximum absolute atomic E-state index is 6.14. The van der Waals surface area contributed by atoms with Gasteiger partial charge in [0.05, 0.1) is 18.1 Å². The second kappa shape index (κ2) is 5.42. The number of methoxy groups -OCH3 is 1. The van der Waals surface area contributed by atoms with Gasteiger partial charge in [0.2, 0.25) is 0 Å². The molecule has 1 heterocycles. The highest BCUT2D eigenvalue weighted by atomic mass is 35.5. The van der Waals surface area contributed by atoms with E-state index in [0.29, 0.717) is 17.3 Å². The average molecular weight is 266 g/mol. The van der Waals surface area contributed by atoms with Gasteiger partial charge in [0.15, 0.2) is 0 Å². The van der Waals surface area contributed by atoms with Gasteiger partial charge >= 0.3 is 0 Å². The zero-order valence-corrected chi connectivity index (χ0v) is 11.2. The number of nitrogens with zero attached hydrogens (tertiary/aromatic N) is 2. The molecule has 0 aliphatic carbocycles. The van der Waals surface area contributed by atoms with Gasteiger partial charge in [0, 0.05) is 26.0 Å². The van der Waals surface area contributed by atoms with Crippen molar-refractivity contribution in [3.63, 3.8) is 0 Å². The highest BCUT2D eigenvalue weighted by molar-refractivity contribution is 6.32. The van der Waals surface area contributed by atoms with E-state index in [1.54, 1.807) is 13.3 Å². The highest BCUT2D eigenvalue weighted by Crippen LogP contribution is 2.30. The van der Waals surface area contributed by atoms with Crippen LogP contribution >= 0.6 is 11.6 Å². The van der Waals surface area contributed by atoms with Gasteiger partial charge in [-0.05, 0) is 17.7 Å². The Morgan fingerprint density at radius 3 is 2.78 bits per heavy atom. The first-order valence-corrected chi connectivity index (χ1v) is 6.06. The second-order valence-electron chi connectivity index (χ2n) is 4.08. The molecule has 1 aromatic carbocycles. The van der Waals surface area contributed by atoms with Gasteiger partial charge in [-0.1, -0.05) is 17.7 Å². The smallest absolute Gasteiger partial charge is 0.137 e. The van der Waals surface area contributed by atoms with E-state index < -0.39 is 0 Å². The maximum atomic E-state index is 6.14. The van der Waals surface area contributed by atoms with Crippen LogP contribution in [0.5, 0.6) is 5.75 Å². The number of hydrogen-bond donors (Lipinski definition) is 1. The van der Waals surface area contributed by atoms with Crippen LogP contribution in [-0.4, -0.2) is 23.2 Å². The second-order valence-corrected chi connectivity index (χ2v) is 4.49. The van der Waals surface area contributed by atoms with Crippen LogP contribution in [0.4, 0.5) is 0 Å². The van der Waals surface area contributed by atoms with Crippen molar-refractivity contribution in [3.05, 3.63) is 47.0 Å². The first-order valence-electron chi connectivity index (χ1n) is 5.68. The van der Waals surface area contributed by atoms with Crippen molar-refractivity contribution in [2.45, 2.75) is 5.92 Å². The monoisotopic (exact) mass is 265 g/mol. The summed E-state index contributed by atoms with van der Waals surface area (Å²) in [6.45, 7) is 0.480. The summed E-state index contributed by atoms with van der Waals surface area (Å²) in [5, 5.41) is 0.586. The number of benzene rings is 1. The molecule has 0 saturated carbocycles. The third kappa shape index (κ3) is 2.35. The third-order valence-electron chi connectivity index (χ3n) is 2.98. The summed E-state index contributed by atoms with van der Waals surface area (Å²) in [6.07, 6.45) is 3.67. The SMILES string of the molecule is COc1ccc(C(CN)c2nccn2C)cc1Cl. The van der Waals surface area contributed by atoms with Crippen LogP contribution in [0.15, 0.2) is 30.6 Å². The van der Waals surface area contributed by atoms with Crippen molar-refractivity contribution in [2.75, 3.05) is 13.7 Å².